The molecule has 6 nitrogen and oxygen atoms in total. The fourth-order valence-electron chi connectivity index (χ4n) is 8.30. The molecule has 0 spiro atoms. The summed E-state index contributed by atoms with van der Waals surface area (Å²) in [6, 6.07) is 32.4. The van der Waals surface area contributed by atoms with Crippen molar-refractivity contribution in [3.05, 3.63) is 150 Å². The van der Waals surface area contributed by atoms with Crippen LogP contribution in [-0.4, -0.2) is 23.8 Å². The van der Waals surface area contributed by atoms with E-state index in [1.165, 1.54) is 49.9 Å². The van der Waals surface area contributed by atoms with E-state index < -0.39 is 0 Å². The van der Waals surface area contributed by atoms with E-state index in [4.69, 9.17) is 9.72 Å². The van der Waals surface area contributed by atoms with Gasteiger partial charge in [-0.05, 0) is 120 Å². The molecule has 0 radical (unpaired) electrons. The monoisotopic (exact) mass is 659 g/mol. The summed E-state index contributed by atoms with van der Waals surface area (Å²) in [5.74, 6) is 1.49. The molecule has 244 valence electrons. The maximum absolute atomic E-state index is 6.61. The highest BCUT2D eigenvalue weighted by Gasteiger charge is 2.22. The minimum absolute atomic E-state index is 0.746. The molecule has 5 aromatic heterocycles. The maximum atomic E-state index is 6.61. The zero-order valence-corrected chi connectivity index (χ0v) is 28.8. The van der Waals surface area contributed by atoms with Gasteiger partial charge >= 0.3 is 0 Å². The van der Waals surface area contributed by atoms with Gasteiger partial charge in [-0.25, -0.2) is 9.97 Å². The van der Waals surface area contributed by atoms with Gasteiger partial charge in [0.25, 0.3) is 0 Å². The third-order valence-corrected chi connectivity index (χ3v) is 10.5. The lowest BCUT2D eigenvalue weighted by Gasteiger charge is -2.22. The second-order valence-electron chi connectivity index (χ2n) is 13.6. The first-order valence-corrected chi connectivity index (χ1v) is 17.3. The largest absolute Gasteiger partial charge is 0.457 e. The smallest absolute Gasteiger partial charge is 0.145 e. The summed E-state index contributed by atoms with van der Waals surface area (Å²) >= 11 is 0. The first-order valence-electron chi connectivity index (χ1n) is 17.3. The molecule has 5 heterocycles. The Morgan fingerprint density at radius 3 is 1.73 bits per heavy atom. The summed E-state index contributed by atoms with van der Waals surface area (Å²) in [7, 11) is 0. The number of imidazole rings is 2. The first-order chi connectivity index (χ1) is 25.0. The van der Waals surface area contributed by atoms with Crippen molar-refractivity contribution in [2.45, 2.75) is 27.7 Å². The van der Waals surface area contributed by atoms with Crippen LogP contribution in [-0.2, 0) is 0 Å². The number of benzene rings is 5. The Kier molecular flexibility index (Phi) is 6.33. The molecular formula is C45H33N5O. The van der Waals surface area contributed by atoms with Crippen LogP contribution in [0.3, 0.4) is 0 Å². The van der Waals surface area contributed by atoms with Crippen LogP contribution in [0, 0.1) is 27.7 Å². The van der Waals surface area contributed by atoms with Crippen molar-refractivity contribution in [3.63, 3.8) is 0 Å². The van der Waals surface area contributed by atoms with Crippen LogP contribution in [0.5, 0.6) is 11.5 Å². The van der Waals surface area contributed by atoms with E-state index in [2.05, 4.69) is 138 Å². The van der Waals surface area contributed by atoms with Gasteiger partial charge in [0.15, 0.2) is 0 Å². The third-order valence-electron chi connectivity index (χ3n) is 10.5. The molecule has 0 aliphatic heterocycles. The molecule has 10 aromatic rings. The van der Waals surface area contributed by atoms with Gasteiger partial charge < -0.3 is 4.74 Å². The second kappa shape index (κ2) is 11.0. The van der Waals surface area contributed by atoms with Gasteiger partial charge in [0.1, 0.15) is 22.8 Å². The lowest BCUT2D eigenvalue weighted by Crippen LogP contribution is -2.00. The zero-order chi connectivity index (χ0) is 34.4. The van der Waals surface area contributed by atoms with E-state index in [1.807, 2.05) is 37.1 Å². The van der Waals surface area contributed by atoms with Crippen LogP contribution in [0.15, 0.2) is 128 Å². The van der Waals surface area contributed by atoms with E-state index in [1.54, 1.807) is 0 Å². The summed E-state index contributed by atoms with van der Waals surface area (Å²) in [6.45, 7) is 8.86. The Labute approximate surface area is 294 Å². The lowest BCUT2D eigenvalue weighted by atomic mass is 9.84. The molecule has 0 bridgehead atoms. The highest BCUT2D eigenvalue weighted by Crippen LogP contribution is 2.45. The number of aryl methyl sites for hydroxylation is 4. The Morgan fingerprint density at radius 1 is 0.490 bits per heavy atom. The van der Waals surface area contributed by atoms with Crippen molar-refractivity contribution >= 4 is 54.6 Å². The third kappa shape index (κ3) is 4.33. The van der Waals surface area contributed by atoms with Crippen LogP contribution in [0.2, 0.25) is 0 Å². The molecule has 0 N–H and O–H groups in total. The van der Waals surface area contributed by atoms with Gasteiger partial charge in [-0.3, -0.25) is 13.8 Å². The number of ether oxygens (including phenoxy) is 1. The van der Waals surface area contributed by atoms with E-state index in [-0.39, 0.29) is 0 Å². The fraction of sp³-hybridized carbons (Fsp3) is 0.0889. The average molecular weight is 660 g/mol. The van der Waals surface area contributed by atoms with E-state index >= 15 is 0 Å². The Morgan fingerprint density at radius 2 is 1.06 bits per heavy atom. The Balaban J connectivity index is 1.19. The minimum atomic E-state index is 0.746. The van der Waals surface area contributed by atoms with Crippen LogP contribution < -0.4 is 4.74 Å². The fourth-order valence-corrected chi connectivity index (χ4v) is 8.30. The zero-order valence-electron chi connectivity index (χ0n) is 28.8. The number of aromatic nitrogens is 5. The minimum Gasteiger partial charge on any atom is -0.457 e. The van der Waals surface area contributed by atoms with Crippen LogP contribution in [0.4, 0.5) is 0 Å². The molecule has 0 aliphatic carbocycles. The highest BCUT2D eigenvalue weighted by atomic mass is 16.5. The molecule has 0 aliphatic rings. The number of hydrogen-bond acceptors (Lipinski definition) is 4. The van der Waals surface area contributed by atoms with Crippen molar-refractivity contribution in [2.75, 3.05) is 0 Å². The van der Waals surface area contributed by atoms with Crippen molar-refractivity contribution in [2.24, 2.45) is 0 Å². The number of pyridine rings is 3. The van der Waals surface area contributed by atoms with E-state index in [9.17, 15) is 0 Å². The van der Waals surface area contributed by atoms with E-state index in [0.29, 0.717) is 0 Å². The SMILES string of the molecule is Cc1cccc(C)c1-c1ccc2c3ccc(Oc4ccc5c6ccncc6n6ccnc6c5c4)cc3c3nccn3c2c1-c1c(C)cccc1C. The predicted octanol–water partition coefficient (Wildman–Crippen LogP) is 11.3. The molecule has 0 atom stereocenters. The van der Waals surface area contributed by atoms with Gasteiger partial charge in [-0.1, -0.05) is 48.5 Å². The molecule has 0 fully saturated rings. The highest BCUT2D eigenvalue weighted by molar-refractivity contribution is 6.18. The average Bonchev–Trinajstić information content (AvgIpc) is 3.84. The summed E-state index contributed by atoms with van der Waals surface area (Å²) in [6.07, 6.45) is 11.5. The van der Waals surface area contributed by atoms with Crippen molar-refractivity contribution in [3.8, 4) is 33.8 Å². The van der Waals surface area contributed by atoms with Gasteiger partial charge in [0, 0.05) is 58.1 Å². The second-order valence-corrected chi connectivity index (χ2v) is 13.6. The summed E-state index contributed by atoms with van der Waals surface area (Å²) in [5, 5.41) is 6.60. The quantitative estimate of drug-likeness (QED) is 0.176. The van der Waals surface area contributed by atoms with Gasteiger partial charge in [-0.15, -0.1) is 0 Å². The molecule has 6 heteroatoms. The van der Waals surface area contributed by atoms with Crippen LogP contribution in [0.1, 0.15) is 22.3 Å². The van der Waals surface area contributed by atoms with Gasteiger partial charge in [0.05, 0.1) is 17.2 Å². The first kappa shape index (κ1) is 29.4. The van der Waals surface area contributed by atoms with Gasteiger partial charge in [-0.2, -0.15) is 0 Å². The van der Waals surface area contributed by atoms with E-state index in [0.717, 1.165) is 60.8 Å². The topological polar surface area (TPSA) is 56.7 Å². The summed E-state index contributed by atoms with van der Waals surface area (Å²) in [5.41, 5.74) is 14.0. The number of hydrogen-bond donors (Lipinski definition) is 0. The standard InChI is InChI=1S/C45H33N5O/c1-26-7-5-8-27(2)40(26)36-16-15-35-33-14-12-31(24-38(33)45-48-20-22-50(45)43(35)42(36)41-28(3)9-6-10-29(41)4)51-30-11-13-32-34-17-18-46-25-39(34)49-21-19-47-44(49)37(32)23-30/h5-25H,1-4H3. The molecule has 0 saturated heterocycles. The van der Waals surface area contributed by atoms with Crippen molar-refractivity contribution in [1.29, 1.82) is 0 Å². The number of fused-ring (bicyclic) bond motifs is 12. The molecule has 10 rings (SSSR count). The number of nitrogens with zero attached hydrogens (tertiary/aromatic N) is 5. The molecule has 51 heavy (non-hydrogen) atoms. The molecule has 0 saturated carbocycles. The molecular weight excluding hydrogens is 627 g/mol. The van der Waals surface area contributed by atoms with Crippen LogP contribution in [0.25, 0.3) is 76.9 Å². The Hall–Kier alpha value is -6.53. The Bertz CT molecular complexity index is 3020. The lowest BCUT2D eigenvalue weighted by molar-refractivity contribution is 0.484. The van der Waals surface area contributed by atoms with Gasteiger partial charge in [0.2, 0.25) is 0 Å². The van der Waals surface area contributed by atoms with Crippen molar-refractivity contribution < 1.29 is 4.74 Å². The number of rotatable bonds is 4. The molecule has 5 aromatic carbocycles. The maximum Gasteiger partial charge on any atom is 0.145 e. The van der Waals surface area contributed by atoms with Crippen molar-refractivity contribution in [1.82, 2.24) is 23.8 Å². The summed E-state index contributed by atoms with van der Waals surface area (Å²) < 4.78 is 11.0. The van der Waals surface area contributed by atoms with Crippen LogP contribution >= 0.6 is 0 Å². The summed E-state index contributed by atoms with van der Waals surface area (Å²) in [4.78, 5) is 14.0. The normalized spacial score (nSPS) is 11.9. The molecule has 0 unspecified atom stereocenters. The molecule has 0 amide bonds. The predicted molar refractivity (Wildman–Crippen MR) is 208 cm³/mol.